The fraction of sp³-hybridized carbons (Fsp3) is 0.600. The summed E-state index contributed by atoms with van der Waals surface area (Å²) in [5.74, 6) is 0.171. The molecule has 2 nitrogen and oxygen atoms in total. The van der Waals surface area contributed by atoms with Gasteiger partial charge in [-0.3, -0.25) is 0 Å². The lowest BCUT2D eigenvalue weighted by Gasteiger charge is -2.30. The topological polar surface area (TPSA) is 46.2 Å². The van der Waals surface area contributed by atoms with Gasteiger partial charge in [0.25, 0.3) is 0 Å². The first kappa shape index (κ1) is 14.8. The fourth-order valence-electron chi connectivity index (χ4n) is 3.23. The largest absolute Gasteiger partial charge is 0.392 e. The Morgan fingerprint density at radius 2 is 2.21 bits per heavy atom. The first-order valence-electron chi connectivity index (χ1n) is 6.87. The highest BCUT2D eigenvalue weighted by Crippen LogP contribution is 2.39. The number of hydrogen-bond donors (Lipinski definition) is 2. The van der Waals surface area contributed by atoms with Crippen LogP contribution in [0.5, 0.6) is 0 Å². The molecule has 4 unspecified atom stereocenters. The Bertz CT molecular complexity index is 440. The zero-order valence-electron chi connectivity index (χ0n) is 11.2. The zero-order chi connectivity index (χ0) is 14.0. The van der Waals surface area contributed by atoms with Gasteiger partial charge in [0, 0.05) is 17.5 Å². The lowest BCUT2D eigenvalue weighted by Crippen LogP contribution is -2.33. The molecule has 0 aliphatic heterocycles. The summed E-state index contributed by atoms with van der Waals surface area (Å²) in [6, 6.07) is 4.29. The van der Waals surface area contributed by atoms with Crippen LogP contribution in [0.2, 0.25) is 5.02 Å². The third kappa shape index (κ3) is 3.10. The third-order valence-electron chi connectivity index (χ3n) is 4.39. The van der Waals surface area contributed by atoms with Crippen LogP contribution in [0, 0.1) is 17.7 Å². The predicted octanol–water partition coefficient (Wildman–Crippen LogP) is 3.32. The maximum atomic E-state index is 13.1. The molecule has 4 heteroatoms. The second-order valence-electron chi connectivity index (χ2n) is 5.57. The average molecular weight is 286 g/mol. The Labute approximate surface area is 118 Å². The molecule has 0 aromatic heterocycles. The van der Waals surface area contributed by atoms with Gasteiger partial charge < -0.3 is 10.8 Å². The molecular weight excluding hydrogens is 265 g/mol. The molecule has 0 radical (unpaired) electrons. The molecule has 1 aliphatic rings. The lowest BCUT2D eigenvalue weighted by atomic mass is 9.81. The fourth-order valence-corrected chi connectivity index (χ4v) is 3.54. The third-order valence-corrected chi connectivity index (χ3v) is 4.72. The molecule has 1 aromatic carbocycles. The van der Waals surface area contributed by atoms with E-state index in [9.17, 15) is 9.50 Å². The van der Waals surface area contributed by atoms with Gasteiger partial charge in [-0.25, -0.2) is 4.39 Å². The van der Waals surface area contributed by atoms with E-state index < -0.39 is 6.10 Å². The zero-order valence-corrected chi connectivity index (χ0v) is 11.9. The molecule has 19 heavy (non-hydrogen) atoms. The predicted molar refractivity (Wildman–Crippen MR) is 75.7 cm³/mol. The summed E-state index contributed by atoms with van der Waals surface area (Å²) in [4.78, 5) is 0. The van der Waals surface area contributed by atoms with Gasteiger partial charge in [-0.2, -0.15) is 0 Å². The minimum Gasteiger partial charge on any atom is -0.392 e. The SMILES string of the molecule is CC1CCCC1C(O)C(CN)c1ccc(F)cc1Cl. The molecule has 0 saturated heterocycles. The minimum absolute atomic E-state index is 0.223. The van der Waals surface area contributed by atoms with Crippen LogP contribution in [0.3, 0.4) is 0 Å². The van der Waals surface area contributed by atoms with E-state index in [4.69, 9.17) is 17.3 Å². The highest BCUT2D eigenvalue weighted by atomic mass is 35.5. The van der Waals surface area contributed by atoms with Crippen LogP contribution < -0.4 is 5.73 Å². The summed E-state index contributed by atoms with van der Waals surface area (Å²) in [5, 5.41) is 10.9. The summed E-state index contributed by atoms with van der Waals surface area (Å²) in [6.07, 6.45) is 2.82. The molecule has 1 saturated carbocycles. The van der Waals surface area contributed by atoms with Crippen LogP contribution >= 0.6 is 11.6 Å². The van der Waals surface area contributed by atoms with E-state index in [0.717, 1.165) is 24.8 Å². The van der Waals surface area contributed by atoms with Crippen molar-refractivity contribution in [2.24, 2.45) is 17.6 Å². The number of aliphatic hydroxyl groups excluding tert-OH is 1. The highest BCUT2D eigenvalue weighted by molar-refractivity contribution is 6.31. The van der Waals surface area contributed by atoms with Crippen LogP contribution in [-0.2, 0) is 0 Å². The van der Waals surface area contributed by atoms with Gasteiger partial charge in [0.05, 0.1) is 6.10 Å². The molecule has 2 rings (SSSR count). The first-order chi connectivity index (χ1) is 9.04. The molecule has 1 fully saturated rings. The molecule has 3 N–H and O–H groups in total. The van der Waals surface area contributed by atoms with Crippen LogP contribution in [0.15, 0.2) is 18.2 Å². The van der Waals surface area contributed by atoms with E-state index in [0.29, 0.717) is 17.5 Å². The van der Waals surface area contributed by atoms with E-state index in [1.807, 2.05) is 0 Å². The minimum atomic E-state index is -0.509. The van der Waals surface area contributed by atoms with Crippen LogP contribution in [0.25, 0.3) is 0 Å². The van der Waals surface area contributed by atoms with Crippen molar-refractivity contribution >= 4 is 11.6 Å². The Kier molecular flexibility index (Phi) is 4.82. The standard InChI is InChI=1S/C15H21ClFNO/c1-9-3-2-4-11(9)15(19)13(8-18)12-6-5-10(17)7-14(12)16/h5-7,9,11,13,15,19H,2-4,8,18H2,1H3. The number of nitrogens with two attached hydrogens (primary N) is 1. The molecule has 0 amide bonds. The quantitative estimate of drug-likeness (QED) is 0.891. The summed E-state index contributed by atoms with van der Waals surface area (Å²) in [5.41, 5.74) is 6.56. The number of aliphatic hydroxyl groups is 1. The molecule has 0 spiro atoms. The van der Waals surface area contributed by atoms with E-state index in [2.05, 4.69) is 6.92 Å². The highest BCUT2D eigenvalue weighted by Gasteiger charge is 2.35. The molecule has 106 valence electrons. The number of halogens is 2. The Morgan fingerprint density at radius 3 is 2.74 bits per heavy atom. The Balaban J connectivity index is 2.23. The van der Waals surface area contributed by atoms with E-state index in [1.165, 1.54) is 12.1 Å². The molecule has 0 bridgehead atoms. The maximum absolute atomic E-state index is 13.1. The lowest BCUT2D eigenvalue weighted by molar-refractivity contribution is 0.0665. The van der Waals surface area contributed by atoms with E-state index in [1.54, 1.807) is 6.07 Å². The van der Waals surface area contributed by atoms with Crippen molar-refractivity contribution < 1.29 is 9.50 Å². The van der Waals surface area contributed by atoms with Crippen molar-refractivity contribution in [3.8, 4) is 0 Å². The van der Waals surface area contributed by atoms with Crippen molar-refractivity contribution in [2.75, 3.05) is 6.54 Å². The second-order valence-corrected chi connectivity index (χ2v) is 5.98. The number of benzene rings is 1. The monoisotopic (exact) mass is 285 g/mol. The van der Waals surface area contributed by atoms with Gasteiger partial charge in [0.15, 0.2) is 0 Å². The maximum Gasteiger partial charge on any atom is 0.124 e. The summed E-state index contributed by atoms with van der Waals surface area (Å²) in [6.45, 7) is 2.48. The molecule has 4 atom stereocenters. The van der Waals surface area contributed by atoms with Crippen molar-refractivity contribution in [3.05, 3.63) is 34.6 Å². The van der Waals surface area contributed by atoms with Gasteiger partial charge in [-0.1, -0.05) is 37.4 Å². The molecule has 1 aromatic rings. The van der Waals surface area contributed by atoms with Crippen molar-refractivity contribution in [2.45, 2.75) is 38.2 Å². The van der Waals surface area contributed by atoms with Gasteiger partial charge >= 0.3 is 0 Å². The van der Waals surface area contributed by atoms with Gasteiger partial charge in [0.1, 0.15) is 5.82 Å². The van der Waals surface area contributed by atoms with Crippen LogP contribution in [0.1, 0.15) is 37.7 Å². The summed E-state index contributed by atoms with van der Waals surface area (Å²) >= 11 is 6.08. The van der Waals surface area contributed by atoms with Crippen molar-refractivity contribution in [1.29, 1.82) is 0 Å². The van der Waals surface area contributed by atoms with Crippen molar-refractivity contribution in [3.63, 3.8) is 0 Å². The van der Waals surface area contributed by atoms with Crippen LogP contribution in [-0.4, -0.2) is 17.8 Å². The van der Waals surface area contributed by atoms with Gasteiger partial charge in [-0.05, 0) is 36.0 Å². The number of hydrogen-bond acceptors (Lipinski definition) is 2. The molecule has 1 aliphatic carbocycles. The smallest absolute Gasteiger partial charge is 0.124 e. The molecule has 0 heterocycles. The number of rotatable bonds is 4. The van der Waals surface area contributed by atoms with Crippen LogP contribution in [0.4, 0.5) is 4.39 Å². The Morgan fingerprint density at radius 1 is 1.47 bits per heavy atom. The summed E-state index contributed by atoms with van der Waals surface area (Å²) < 4.78 is 13.1. The second kappa shape index (κ2) is 6.21. The van der Waals surface area contributed by atoms with Gasteiger partial charge in [0.2, 0.25) is 0 Å². The normalized spacial score (nSPS) is 26.4. The summed E-state index contributed by atoms with van der Waals surface area (Å²) in [7, 11) is 0. The molecular formula is C15H21ClFNO. The van der Waals surface area contributed by atoms with Crippen molar-refractivity contribution in [1.82, 2.24) is 0 Å². The van der Waals surface area contributed by atoms with E-state index in [-0.39, 0.29) is 17.7 Å². The van der Waals surface area contributed by atoms with E-state index >= 15 is 0 Å². The Hall–Kier alpha value is -0.640. The average Bonchev–Trinajstić information content (AvgIpc) is 2.78. The van der Waals surface area contributed by atoms with Gasteiger partial charge in [-0.15, -0.1) is 0 Å². The first-order valence-corrected chi connectivity index (χ1v) is 7.25.